The molecule has 108 valence electrons. The highest BCUT2D eigenvalue weighted by molar-refractivity contribution is 5.94. The topological polar surface area (TPSA) is 55.8 Å². The number of benzene rings is 1. The van der Waals surface area contributed by atoms with Gasteiger partial charge in [-0.05, 0) is 37.1 Å². The van der Waals surface area contributed by atoms with Crippen LogP contribution in [0.3, 0.4) is 0 Å². The van der Waals surface area contributed by atoms with Gasteiger partial charge in [0.15, 0.2) is 0 Å². The third kappa shape index (κ3) is 3.10. The van der Waals surface area contributed by atoms with Crippen molar-refractivity contribution in [2.24, 2.45) is 5.92 Å². The van der Waals surface area contributed by atoms with E-state index in [1.807, 2.05) is 0 Å². The highest BCUT2D eigenvalue weighted by Gasteiger charge is 2.29. The standard InChI is InChI=1S/C15H19NO4/c1-19-13-7-5-11(6-8-13)14(17)16-9-3-4-12(10-16)15(18)20-2/h5-8,12H,3-4,9-10H2,1-2H3. The molecule has 1 atom stereocenters. The van der Waals surface area contributed by atoms with Crippen LogP contribution in [0.15, 0.2) is 24.3 Å². The van der Waals surface area contributed by atoms with Gasteiger partial charge in [-0.1, -0.05) is 0 Å². The molecule has 2 rings (SSSR count). The van der Waals surface area contributed by atoms with E-state index < -0.39 is 0 Å². The maximum Gasteiger partial charge on any atom is 0.310 e. The van der Waals surface area contributed by atoms with Crippen LogP contribution in [0.1, 0.15) is 23.2 Å². The Morgan fingerprint density at radius 3 is 2.50 bits per heavy atom. The zero-order valence-electron chi connectivity index (χ0n) is 11.8. The van der Waals surface area contributed by atoms with Gasteiger partial charge in [-0.25, -0.2) is 0 Å². The summed E-state index contributed by atoms with van der Waals surface area (Å²) in [5.74, 6) is 0.210. The van der Waals surface area contributed by atoms with Gasteiger partial charge in [-0.2, -0.15) is 0 Å². The van der Waals surface area contributed by atoms with Crippen molar-refractivity contribution < 1.29 is 19.1 Å². The van der Waals surface area contributed by atoms with E-state index >= 15 is 0 Å². The van der Waals surface area contributed by atoms with Crippen LogP contribution in [0.2, 0.25) is 0 Å². The molecule has 20 heavy (non-hydrogen) atoms. The van der Waals surface area contributed by atoms with E-state index in [0.29, 0.717) is 24.4 Å². The monoisotopic (exact) mass is 277 g/mol. The summed E-state index contributed by atoms with van der Waals surface area (Å²) in [5.41, 5.74) is 0.608. The van der Waals surface area contributed by atoms with E-state index in [-0.39, 0.29) is 17.8 Å². The fourth-order valence-corrected chi connectivity index (χ4v) is 2.44. The van der Waals surface area contributed by atoms with Crippen LogP contribution >= 0.6 is 0 Å². The molecule has 0 aliphatic carbocycles. The van der Waals surface area contributed by atoms with Crippen molar-refractivity contribution in [2.75, 3.05) is 27.3 Å². The van der Waals surface area contributed by atoms with Gasteiger partial charge in [0.25, 0.3) is 5.91 Å². The minimum atomic E-state index is -0.239. The molecule has 0 saturated carbocycles. The Morgan fingerprint density at radius 1 is 1.20 bits per heavy atom. The molecule has 0 spiro atoms. The molecule has 1 heterocycles. The summed E-state index contributed by atoms with van der Waals surface area (Å²) in [6.45, 7) is 1.11. The smallest absolute Gasteiger partial charge is 0.310 e. The molecule has 0 N–H and O–H groups in total. The molecular weight excluding hydrogens is 258 g/mol. The first-order chi connectivity index (χ1) is 9.65. The average molecular weight is 277 g/mol. The van der Waals surface area contributed by atoms with Crippen molar-refractivity contribution in [2.45, 2.75) is 12.8 Å². The Balaban J connectivity index is 2.05. The Labute approximate surface area is 118 Å². The minimum Gasteiger partial charge on any atom is -0.497 e. The minimum absolute atomic E-state index is 0.0544. The number of hydrogen-bond acceptors (Lipinski definition) is 4. The molecule has 0 radical (unpaired) electrons. The van der Waals surface area contributed by atoms with Crippen molar-refractivity contribution >= 4 is 11.9 Å². The lowest BCUT2D eigenvalue weighted by molar-refractivity contribution is -0.146. The summed E-state index contributed by atoms with van der Waals surface area (Å²) in [7, 11) is 2.97. The normalized spacial score (nSPS) is 18.5. The van der Waals surface area contributed by atoms with Gasteiger partial charge in [0.05, 0.1) is 20.1 Å². The van der Waals surface area contributed by atoms with Crippen LogP contribution in [0.25, 0.3) is 0 Å². The Bertz CT molecular complexity index is 483. The lowest BCUT2D eigenvalue weighted by Crippen LogP contribution is -2.42. The number of methoxy groups -OCH3 is 2. The second kappa shape index (κ2) is 6.41. The van der Waals surface area contributed by atoms with Gasteiger partial charge in [-0.15, -0.1) is 0 Å². The molecule has 1 amide bonds. The predicted octanol–water partition coefficient (Wildman–Crippen LogP) is 1.72. The molecule has 1 aromatic carbocycles. The zero-order valence-corrected chi connectivity index (χ0v) is 11.8. The molecule has 0 aromatic heterocycles. The third-order valence-electron chi connectivity index (χ3n) is 3.58. The van der Waals surface area contributed by atoms with Crippen LogP contribution in [-0.2, 0) is 9.53 Å². The van der Waals surface area contributed by atoms with E-state index in [9.17, 15) is 9.59 Å². The van der Waals surface area contributed by atoms with Gasteiger partial charge in [0.1, 0.15) is 5.75 Å². The first kappa shape index (κ1) is 14.4. The van der Waals surface area contributed by atoms with Crippen molar-refractivity contribution in [3.8, 4) is 5.75 Å². The molecule has 1 aliphatic heterocycles. The number of piperidine rings is 1. The number of ether oxygens (including phenoxy) is 2. The second-order valence-electron chi connectivity index (χ2n) is 4.84. The number of carbonyl (C=O) groups excluding carboxylic acids is 2. The molecule has 1 unspecified atom stereocenters. The maximum absolute atomic E-state index is 12.4. The number of nitrogens with zero attached hydrogens (tertiary/aromatic N) is 1. The summed E-state index contributed by atoms with van der Waals surface area (Å²) >= 11 is 0. The first-order valence-corrected chi connectivity index (χ1v) is 6.67. The second-order valence-corrected chi connectivity index (χ2v) is 4.84. The quantitative estimate of drug-likeness (QED) is 0.789. The molecular formula is C15H19NO4. The van der Waals surface area contributed by atoms with Gasteiger partial charge < -0.3 is 14.4 Å². The highest BCUT2D eigenvalue weighted by atomic mass is 16.5. The number of likely N-dealkylation sites (tertiary alicyclic amines) is 1. The molecule has 1 fully saturated rings. The number of rotatable bonds is 3. The molecule has 1 aromatic rings. The molecule has 1 saturated heterocycles. The van der Waals surface area contributed by atoms with Crippen LogP contribution in [0.5, 0.6) is 5.75 Å². The Kier molecular flexibility index (Phi) is 4.61. The fraction of sp³-hybridized carbons (Fsp3) is 0.467. The van der Waals surface area contributed by atoms with Crippen molar-refractivity contribution in [3.63, 3.8) is 0 Å². The van der Waals surface area contributed by atoms with Gasteiger partial charge in [0.2, 0.25) is 0 Å². The molecule has 5 heteroatoms. The van der Waals surface area contributed by atoms with Gasteiger partial charge in [0, 0.05) is 18.7 Å². The van der Waals surface area contributed by atoms with Gasteiger partial charge in [-0.3, -0.25) is 9.59 Å². The van der Waals surface area contributed by atoms with Crippen LogP contribution in [0, 0.1) is 5.92 Å². The van der Waals surface area contributed by atoms with Crippen LogP contribution in [-0.4, -0.2) is 44.1 Å². The number of esters is 1. The summed E-state index contributed by atoms with van der Waals surface area (Å²) in [6, 6.07) is 7.00. The maximum atomic E-state index is 12.4. The summed E-state index contributed by atoms with van der Waals surface area (Å²) < 4.78 is 9.83. The highest BCUT2D eigenvalue weighted by Crippen LogP contribution is 2.20. The first-order valence-electron chi connectivity index (χ1n) is 6.67. The Morgan fingerprint density at radius 2 is 1.90 bits per heavy atom. The van der Waals surface area contributed by atoms with Crippen molar-refractivity contribution in [3.05, 3.63) is 29.8 Å². The SMILES string of the molecule is COC(=O)C1CCCN(C(=O)c2ccc(OC)cc2)C1. The van der Waals surface area contributed by atoms with E-state index in [4.69, 9.17) is 9.47 Å². The molecule has 1 aliphatic rings. The van der Waals surface area contributed by atoms with E-state index in [1.54, 1.807) is 36.3 Å². The number of hydrogen-bond donors (Lipinski definition) is 0. The van der Waals surface area contributed by atoms with E-state index in [2.05, 4.69) is 0 Å². The Hall–Kier alpha value is -2.04. The summed E-state index contributed by atoms with van der Waals surface area (Å²) in [5, 5.41) is 0. The molecule has 5 nitrogen and oxygen atoms in total. The summed E-state index contributed by atoms with van der Waals surface area (Å²) in [6.07, 6.45) is 1.60. The predicted molar refractivity (Wildman–Crippen MR) is 73.6 cm³/mol. The number of amides is 1. The lowest BCUT2D eigenvalue weighted by atomic mass is 9.97. The average Bonchev–Trinajstić information content (AvgIpc) is 2.53. The van der Waals surface area contributed by atoms with Gasteiger partial charge >= 0.3 is 5.97 Å². The fourth-order valence-electron chi connectivity index (χ4n) is 2.44. The number of carbonyl (C=O) groups is 2. The third-order valence-corrected chi connectivity index (χ3v) is 3.58. The van der Waals surface area contributed by atoms with E-state index in [0.717, 1.165) is 12.8 Å². The van der Waals surface area contributed by atoms with Crippen LogP contribution < -0.4 is 4.74 Å². The zero-order chi connectivity index (χ0) is 14.5. The van der Waals surface area contributed by atoms with E-state index in [1.165, 1.54) is 7.11 Å². The molecule has 0 bridgehead atoms. The largest absolute Gasteiger partial charge is 0.497 e. The van der Waals surface area contributed by atoms with Crippen molar-refractivity contribution in [1.29, 1.82) is 0 Å². The summed E-state index contributed by atoms with van der Waals surface area (Å²) in [4.78, 5) is 25.7. The van der Waals surface area contributed by atoms with Crippen molar-refractivity contribution in [1.82, 2.24) is 4.90 Å². The lowest BCUT2D eigenvalue weighted by Gasteiger charge is -2.31. The van der Waals surface area contributed by atoms with Crippen LogP contribution in [0.4, 0.5) is 0 Å².